The lowest BCUT2D eigenvalue weighted by Crippen LogP contribution is -2.51. The Morgan fingerprint density at radius 3 is 2.61 bits per heavy atom. The van der Waals surface area contributed by atoms with Crippen molar-refractivity contribution in [3.8, 4) is 0 Å². The summed E-state index contributed by atoms with van der Waals surface area (Å²) in [4.78, 5) is 0. The number of rotatable bonds is 5. The molecule has 0 aromatic carbocycles. The van der Waals surface area contributed by atoms with E-state index in [1.807, 2.05) is 0 Å². The molecule has 2 aliphatic rings. The number of alkyl halides is 1. The largest absolute Gasteiger partial charge is 0.346 e. The Hall–Kier alpha value is 0.120. The topological polar surface area (TPSA) is 55.8 Å². The Bertz CT molecular complexity index is 367. The maximum atomic E-state index is 12.2. The van der Waals surface area contributed by atoms with Crippen LogP contribution in [0.25, 0.3) is 0 Å². The molecule has 0 atom stereocenters. The molecule has 5 nitrogen and oxygen atoms in total. The summed E-state index contributed by atoms with van der Waals surface area (Å²) in [6, 6.07) is 0. The third-order valence-corrected chi connectivity index (χ3v) is 5.55. The second kappa shape index (κ2) is 6.05. The Morgan fingerprint density at radius 2 is 1.94 bits per heavy atom. The zero-order valence-electron chi connectivity index (χ0n) is 10.4. The van der Waals surface area contributed by atoms with Crippen LogP contribution in [0.2, 0.25) is 0 Å². The van der Waals surface area contributed by atoms with E-state index in [2.05, 4.69) is 0 Å². The molecule has 1 spiro atoms. The molecule has 0 amide bonds. The molecule has 2 saturated heterocycles. The number of ether oxygens (including phenoxy) is 2. The molecular weight excluding hydrogens is 278 g/mol. The van der Waals surface area contributed by atoms with Gasteiger partial charge in [-0.1, -0.05) is 0 Å². The third kappa shape index (κ3) is 3.36. The maximum Gasteiger partial charge on any atom is 0.214 e. The van der Waals surface area contributed by atoms with Crippen LogP contribution in [-0.4, -0.2) is 56.4 Å². The quantitative estimate of drug-likeness (QED) is 0.565. The fourth-order valence-corrected chi connectivity index (χ4v) is 4.25. The molecule has 0 bridgehead atoms. The lowest BCUT2D eigenvalue weighted by Gasteiger charge is -2.37. The summed E-state index contributed by atoms with van der Waals surface area (Å²) in [7, 11) is -3.20. The van der Waals surface area contributed by atoms with Crippen molar-refractivity contribution >= 4 is 21.6 Å². The van der Waals surface area contributed by atoms with Gasteiger partial charge in [0, 0.05) is 18.8 Å². The zero-order chi connectivity index (χ0) is 13.1. The molecule has 2 rings (SSSR count). The molecule has 7 heteroatoms. The monoisotopic (exact) mass is 297 g/mol. The van der Waals surface area contributed by atoms with Crippen LogP contribution in [0.1, 0.15) is 25.7 Å². The molecule has 0 aromatic heterocycles. The van der Waals surface area contributed by atoms with Crippen LogP contribution in [0.3, 0.4) is 0 Å². The van der Waals surface area contributed by atoms with Crippen molar-refractivity contribution in [3.63, 3.8) is 0 Å². The van der Waals surface area contributed by atoms with Crippen molar-refractivity contribution in [2.75, 3.05) is 37.9 Å². The Balaban J connectivity index is 1.95. The number of unbranched alkanes of at least 4 members (excludes halogenated alkanes) is 1. The molecule has 0 N–H and O–H groups in total. The highest BCUT2D eigenvalue weighted by Crippen LogP contribution is 2.31. The highest BCUT2D eigenvalue weighted by Gasteiger charge is 2.43. The molecule has 0 radical (unpaired) electrons. The molecule has 2 fully saturated rings. The number of nitrogens with zero attached hydrogens (tertiary/aromatic N) is 1. The fraction of sp³-hybridized carbons (Fsp3) is 1.00. The summed E-state index contributed by atoms with van der Waals surface area (Å²) in [5.41, 5.74) is 0. The Kier molecular flexibility index (Phi) is 4.88. The minimum atomic E-state index is -3.20. The first-order valence-electron chi connectivity index (χ1n) is 6.40. The summed E-state index contributed by atoms with van der Waals surface area (Å²) < 4.78 is 37.0. The van der Waals surface area contributed by atoms with Gasteiger partial charge in [-0.15, -0.1) is 11.6 Å². The van der Waals surface area contributed by atoms with Gasteiger partial charge < -0.3 is 9.47 Å². The standard InChI is InChI=1S/C11H20ClNO4S/c12-5-1-2-9-18(14,15)13-6-3-4-11(10-13)16-7-8-17-11/h1-10H2. The van der Waals surface area contributed by atoms with E-state index in [1.54, 1.807) is 0 Å². The average molecular weight is 298 g/mol. The van der Waals surface area contributed by atoms with Gasteiger partial charge in [0.2, 0.25) is 10.0 Å². The van der Waals surface area contributed by atoms with E-state index in [0.29, 0.717) is 38.6 Å². The summed E-state index contributed by atoms with van der Waals surface area (Å²) in [5.74, 6) is -0.0146. The Labute approximate surface area is 113 Å². The van der Waals surface area contributed by atoms with E-state index in [9.17, 15) is 8.42 Å². The second-order valence-electron chi connectivity index (χ2n) is 4.76. The Morgan fingerprint density at radius 1 is 1.22 bits per heavy atom. The summed E-state index contributed by atoms with van der Waals surface area (Å²) in [6.07, 6.45) is 2.90. The van der Waals surface area contributed by atoms with Gasteiger partial charge in [0.05, 0.1) is 25.5 Å². The summed E-state index contributed by atoms with van der Waals surface area (Å²) in [5, 5.41) is 0. The predicted octanol–water partition coefficient (Wildman–Crippen LogP) is 1.17. The van der Waals surface area contributed by atoms with Gasteiger partial charge in [-0.05, 0) is 19.3 Å². The molecule has 2 aliphatic heterocycles. The van der Waals surface area contributed by atoms with Crippen molar-refractivity contribution in [1.29, 1.82) is 0 Å². The van der Waals surface area contributed by atoms with E-state index in [4.69, 9.17) is 21.1 Å². The van der Waals surface area contributed by atoms with Crippen molar-refractivity contribution in [2.45, 2.75) is 31.5 Å². The molecule has 106 valence electrons. The van der Waals surface area contributed by atoms with E-state index in [-0.39, 0.29) is 5.75 Å². The van der Waals surface area contributed by atoms with Gasteiger partial charge in [-0.25, -0.2) is 8.42 Å². The van der Waals surface area contributed by atoms with Crippen LogP contribution in [-0.2, 0) is 19.5 Å². The first-order chi connectivity index (χ1) is 8.58. The first kappa shape index (κ1) is 14.5. The SMILES string of the molecule is O=S(=O)(CCCCCl)N1CCCC2(C1)OCCO2. The molecular formula is C11H20ClNO4S. The number of hydrogen-bond acceptors (Lipinski definition) is 4. The first-order valence-corrected chi connectivity index (χ1v) is 8.54. The van der Waals surface area contributed by atoms with Crippen LogP contribution >= 0.6 is 11.6 Å². The molecule has 0 aliphatic carbocycles. The van der Waals surface area contributed by atoms with Crippen molar-refractivity contribution in [1.82, 2.24) is 4.31 Å². The van der Waals surface area contributed by atoms with Crippen molar-refractivity contribution in [3.05, 3.63) is 0 Å². The zero-order valence-corrected chi connectivity index (χ0v) is 12.0. The maximum absolute atomic E-state index is 12.2. The van der Waals surface area contributed by atoms with Gasteiger partial charge in [0.15, 0.2) is 5.79 Å². The minimum Gasteiger partial charge on any atom is -0.346 e. The third-order valence-electron chi connectivity index (χ3n) is 3.38. The highest BCUT2D eigenvalue weighted by molar-refractivity contribution is 7.89. The van der Waals surface area contributed by atoms with E-state index in [1.165, 1.54) is 4.31 Å². The summed E-state index contributed by atoms with van der Waals surface area (Å²) in [6.45, 7) is 2.01. The minimum absolute atomic E-state index is 0.163. The second-order valence-corrected chi connectivity index (χ2v) is 7.22. The highest BCUT2D eigenvalue weighted by atomic mass is 35.5. The molecule has 0 unspecified atom stereocenters. The van der Waals surface area contributed by atoms with E-state index >= 15 is 0 Å². The van der Waals surface area contributed by atoms with Gasteiger partial charge in [-0.3, -0.25) is 0 Å². The molecule has 2 heterocycles. The average Bonchev–Trinajstić information content (AvgIpc) is 2.77. The lowest BCUT2D eigenvalue weighted by molar-refractivity contribution is -0.179. The van der Waals surface area contributed by atoms with Crippen LogP contribution in [0.4, 0.5) is 0 Å². The van der Waals surface area contributed by atoms with Crippen LogP contribution in [0, 0.1) is 0 Å². The number of halogens is 1. The van der Waals surface area contributed by atoms with Crippen molar-refractivity contribution in [2.24, 2.45) is 0 Å². The molecule has 0 aromatic rings. The lowest BCUT2D eigenvalue weighted by atomic mass is 10.1. The van der Waals surface area contributed by atoms with Crippen LogP contribution in [0.15, 0.2) is 0 Å². The van der Waals surface area contributed by atoms with Gasteiger partial charge in [0.25, 0.3) is 0 Å². The number of sulfonamides is 1. The van der Waals surface area contributed by atoms with Crippen molar-refractivity contribution < 1.29 is 17.9 Å². The smallest absolute Gasteiger partial charge is 0.214 e. The normalized spacial score (nSPS) is 24.7. The molecule has 0 saturated carbocycles. The number of hydrogen-bond donors (Lipinski definition) is 0. The predicted molar refractivity (Wildman–Crippen MR) is 69.2 cm³/mol. The van der Waals surface area contributed by atoms with Crippen LogP contribution < -0.4 is 0 Å². The molecule has 18 heavy (non-hydrogen) atoms. The fourth-order valence-electron chi connectivity index (χ4n) is 2.43. The van der Waals surface area contributed by atoms with Gasteiger partial charge in [0.1, 0.15) is 0 Å². The summed E-state index contributed by atoms with van der Waals surface area (Å²) >= 11 is 5.57. The number of piperidine rings is 1. The van der Waals surface area contributed by atoms with Gasteiger partial charge >= 0.3 is 0 Å². The van der Waals surface area contributed by atoms with Crippen LogP contribution in [0.5, 0.6) is 0 Å². The van der Waals surface area contributed by atoms with E-state index in [0.717, 1.165) is 19.3 Å². The van der Waals surface area contributed by atoms with E-state index < -0.39 is 15.8 Å². The van der Waals surface area contributed by atoms with Gasteiger partial charge in [-0.2, -0.15) is 4.31 Å².